The summed E-state index contributed by atoms with van der Waals surface area (Å²) >= 11 is 0. The highest BCUT2D eigenvalue weighted by atomic mass is 19.1. The number of amides is 2. The Morgan fingerprint density at radius 2 is 1.77 bits per heavy atom. The lowest BCUT2D eigenvalue weighted by Gasteiger charge is -2.37. The molecule has 2 heterocycles. The van der Waals surface area contributed by atoms with E-state index in [2.05, 4.69) is 0 Å². The van der Waals surface area contributed by atoms with Gasteiger partial charge in [0.25, 0.3) is 0 Å². The van der Waals surface area contributed by atoms with Crippen molar-refractivity contribution in [2.45, 2.75) is 51.4 Å². The first-order chi connectivity index (χ1) is 14.8. The van der Waals surface area contributed by atoms with Crippen LogP contribution in [0, 0.1) is 11.2 Å². The number of piperidine rings is 2. The van der Waals surface area contributed by atoms with E-state index in [9.17, 15) is 14.0 Å². The van der Waals surface area contributed by atoms with Crippen LogP contribution in [0.4, 0.5) is 14.9 Å². The number of carbonyl (C=O) groups is 2. The molecular weight excluding hydrogens is 405 g/mol. The third kappa shape index (κ3) is 6.30. The van der Waals surface area contributed by atoms with Gasteiger partial charge >= 0.3 is 6.09 Å². The molecule has 0 saturated carbocycles. The molecule has 0 unspecified atom stereocenters. The Hall–Kier alpha value is -2.88. The maximum Gasteiger partial charge on any atom is 0.414 e. The van der Waals surface area contributed by atoms with Crippen molar-refractivity contribution in [3.63, 3.8) is 0 Å². The normalized spacial score (nSPS) is 18.0. The van der Waals surface area contributed by atoms with Crippen molar-refractivity contribution in [1.82, 2.24) is 10.2 Å². The van der Waals surface area contributed by atoms with Crippen LogP contribution in [0.2, 0.25) is 0 Å². The smallest absolute Gasteiger partial charge is 0.414 e. The number of alkyl carbamates (subject to hydrolysis) is 1. The Kier molecular flexibility index (Phi) is 7.67. The summed E-state index contributed by atoms with van der Waals surface area (Å²) < 4.78 is 26.1. The van der Waals surface area contributed by atoms with E-state index < -0.39 is 17.9 Å². The average Bonchev–Trinajstić information content (AvgIpc) is 2.73. The van der Waals surface area contributed by atoms with Crippen LogP contribution < -0.4 is 16.0 Å². The summed E-state index contributed by atoms with van der Waals surface area (Å²) in [6.07, 6.45) is 2.72. The molecule has 9 nitrogen and oxygen atoms in total. The van der Waals surface area contributed by atoms with E-state index in [4.69, 9.17) is 20.6 Å². The number of carbonyl (C=O) groups excluding carboxylic acids is 2. The van der Waals surface area contributed by atoms with Crippen LogP contribution in [0.15, 0.2) is 18.2 Å². The first-order valence-corrected chi connectivity index (χ1v) is 10.5. The average molecular weight is 436 g/mol. The maximum atomic E-state index is 15.0. The molecular formula is C21H30FN5O4. The van der Waals surface area contributed by atoms with E-state index in [1.165, 1.54) is 0 Å². The summed E-state index contributed by atoms with van der Waals surface area (Å²) in [5.41, 5.74) is 5.80. The van der Waals surface area contributed by atoms with Gasteiger partial charge in [-0.25, -0.2) is 9.18 Å². The zero-order chi connectivity index (χ0) is 22.4. The summed E-state index contributed by atoms with van der Waals surface area (Å²) in [6.45, 7) is 4.16. The van der Waals surface area contributed by atoms with Gasteiger partial charge in [0.15, 0.2) is 11.8 Å². The van der Waals surface area contributed by atoms with E-state index in [0.29, 0.717) is 18.8 Å². The number of nitrogens with zero attached hydrogens (tertiary/aromatic N) is 2. The highest BCUT2D eigenvalue weighted by Gasteiger charge is 2.27. The van der Waals surface area contributed by atoms with Gasteiger partial charge in [-0.1, -0.05) is 12.1 Å². The molecule has 0 aliphatic carbocycles. The summed E-state index contributed by atoms with van der Waals surface area (Å²) in [5.74, 6) is -0.844. The second kappa shape index (κ2) is 10.4. The number of rotatable bonds is 5. The van der Waals surface area contributed by atoms with Gasteiger partial charge in [-0.2, -0.15) is 0 Å². The largest absolute Gasteiger partial charge is 0.444 e. The van der Waals surface area contributed by atoms with Crippen LogP contribution >= 0.6 is 0 Å². The Balaban J connectivity index is 1.49. The SMILES string of the molecule is CC(=O)N1CCC(OC2CCN(c3cccc(COC(=O)NC(=N)N)c3F)CC2)CC1. The summed E-state index contributed by atoms with van der Waals surface area (Å²) in [6, 6.07) is 5.00. The number of guanidine groups is 1. The molecule has 0 spiro atoms. The zero-order valence-electron chi connectivity index (χ0n) is 17.7. The maximum absolute atomic E-state index is 15.0. The first kappa shape index (κ1) is 22.8. The van der Waals surface area contributed by atoms with Crippen LogP contribution in [0.3, 0.4) is 0 Å². The first-order valence-electron chi connectivity index (χ1n) is 10.5. The van der Waals surface area contributed by atoms with Gasteiger partial charge in [0.2, 0.25) is 5.91 Å². The van der Waals surface area contributed by atoms with Gasteiger partial charge in [0.1, 0.15) is 6.61 Å². The Morgan fingerprint density at radius 3 is 2.35 bits per heavy atom. The predicted molar refractivity (Wildman–Crippen MR) is 113 cm³/mol. The molecule has 1 aromatic carbocycles. The minimum Gasteiger partial charge on any atom is -0.444 e. The van der Waals surface area contributed by atoms with Gasteiger partial charge in [-0.15, -0.1) is 0 Å². The third-order valence-corrected chi connectivity index (χ3v) is 5.71. The summed E-state index contributed by atoms with van der Waals surface area (Å²) in [5, 5.41) is 8.99. The number of ether oxygens (including phenoxy) is 2. The quantitative estimate of drug-likeness (QED) is 0.480. The van der Waals surface area contributed by atoms with Crippen molar-refractivity contribution >= 4 is 23.6 Å². The lowest BCUT2D eigenvalue weighted by molar-refractivity contribution is -0.132. The fourth-order valence-electron chi connectivity index (χ4n) is 4.02. The molecule has 4 N–H and O–H groups in total. The predicted octanol–water partition coefficient (Wildman–Crippen LogP) is 1.94. The standard InChI is InChI=1S/C21H30FN5O4/c1-14(28)26-9-5-16(6-10-26)31-17-7-11-27(12-8-17)18-4-2-3-15(19(18)22)13-30-21(29)25-20(23)24/h2-4,16-17H,5-13H2,1H3,(H4,23,24,25,29). The fourth-order valence-corrected chi connectivity index (χ4v) is 4.02. The number of hydrogen-bond donors (Lipinski definition) is 3. The molecule has 3 rings (SSSR count). The van der Waals surface area contributed by atoms with Gasteiger partial charge in [0, 0.05) is 38.7 Å². The molecule has 0 radical (unpaired) electrons. The van der Waals surface area contributed by atoms with E-state index in [1.54, 1.807) is 25.1 Å². The number of nitrogens with two attached hydrogens (primary N) is 1. The monoisotopic (exact) mass is 435 g/mol. The van der Waals surface area contributed by atoms with Crippen molar-refractivity contribution in [3.05, 3.63) is 29.6 Å². The van der Waals surface area contributed by atoms with Crippen molar-refractivity contribution < 1.29 is 23.5 Å². The Morgan fingerprint density at radius 1 is 1.16 bits per heavy atom. The summed E-state index contributed by atoms with van der Waals surface area (Å²) in [4.78, 5) is 26.7. The second-order valence-electron chi connectivity index (χ2n) is 7.89. The molecule has 0 atom stereocenters. The number of hydrogen-bond acceptors (Lipinski definition) is 6. The highest BCUT2D eigenvalue weighted by Crippen LogP contribution is 2.28. The van der Waals surface area contributed by atoms with Crippen LogP contribution in [0.5, 0.6) is 0 Å². The van der Waals surface area contributed by atoms with Crippen LogP contribution in [0.25, 0.3) is 0 Å². The van der Waals surface area contributed by atoms with Crippen molar-refractivity contribution in [2.75, 3.05) is 31.1 Å². The van der Waals surface area contributed by atoms with Crippen LogP contribution in [0.1, 0.15) is 38.2 Å². The summed E-state index contributed by atoms with van der Waals surface area (Å²) in [7, 11) is 0. The lowest BCUT2D eigenvalue weighted by Crippen LogP contribution is -2.43. The van der Waals surface area contributed by atoms with Crippen LogP contribution in [-0.2, 0) is 20.9 Å². The van der Waals surface area contributed by atoms with Crippen molar-refractivity contribution in [3.8, 4) is 0 Å². The van der Waals surface area contributed by atoms with E-state index in [0.717, 1.165) is 38.8 Å². The van der Waals surface area contributed by atoms with E-state index in [-0.39, 0.29) is 30.3 Å². The molecule has 0 aromatic heterocycles. The van der Waals surface area contributed by atoms with Crippen molar-refractivity contribution in [2.24, 2.45) is 5.73 Å². The molecule has 2 aliphatic heterocycles. The molecule has 2 amide bonds. The third-order valence-electron chi connectivity index (χ3n) is 5.71. The molecule has 1 aromatic rings. The number of halogens is 1. The number of likely N-dealkylation sites (tertiary alicyclic amines) is 1. The van der Waals surface area contributed by atoms with Gasteiger partial charge in [-0.05, 0) is 31.7 Å². The Bertz CT molecular complexity index is 805. The van der Waals surface area contributed by atoms with E-state index in [1.807, 2.05) is 15.1 Å². The van der Waals surface area contributed by atoms with E-state index >= 15 is 0 Å². The fraction of sp³-hybridized carbons (Fsp3) is 0.571. The molecule has 2 aliphatic rings. The Labute approximate surface area is 181 Å². The number of benzene rings is 1. The minimum absolute atomic E-state index is 0.112. The molecule has 2 fully saturated rings. The highest BCUT2D eigenvalue weighted by molar-refractivity contribution is 5.90. The second-order valence-corrected chi connectivity index (χ2v) is 7.89. The number of nitrogens with one attached hydrogen (secondary N) is 2. The lowest BCUT2D eigenvalue weighted by atomic mass is 10.0. The molecule has 31 heavy (non-hydrogen) atoms. The molecule has 170 valence electrons. The van der Waals surface area contributed by atoms with Crippen molar-refractivity contribution in [1.29, 1.82) is 5.41 Å². The topological polar surface area (TPSA) is 121 Å². The van der Waals surface area contributed by atoms with Crippen LogP contribution in [-0.4, -0.2) is 61.2 Å². The molecule has 10 heteroatoms. The van der Waals surface area contributed by atoms with Gasteiger partial charge < -0.3 is 25.0 Å². The zero-order valence-corrected chi connectivity index (χ0v) is 17.7. The molecule has 0 bridgehead atoms. The molecule has 2 saturated heterocycles. The van der Waals surface area contributed by atoms with Gasteiger partial charge in [0.05, 0.1) is 17.9 Å². The minimum atomic E-state index is -0.899. The van der Waals surface area contributed by atoms with Gasteiger partial charge in [-0.3, -0.25) is 15.5 Å². The number of anilines is 1.